The summed E-state index contributed by atoms with van der Waals surface area (Å²) in [5, 5.41) is 12.0. The highest BCUT2D eigenvalue weighted by molar-refractivity contribution is 5.91. The highest BCUT2D eigenvalue weighted by Crippen LogP contribution is 2.28. The fourth-order valence-electron chi connectivity index (χ4n) is 3.68. The van der Waals surface area contributed by atoms with Crippen LogP contribution in [0.15, 0.2) is 22.8 Å². The maximum Gasteiger partial charge on any atom is 0.309 e. The van der Waals surface area contributed by atoms with Gasteiger partial charge in [-0.1, -0.05) is 0 Å². The topological polar surface area (TPSA) is 113 Å². The van der Waals surface area contributed by atoms with Crippen LogP contribution < -0.4 is 5.32 Å². The molecule has 1 N–H and O–H groups in total. The number of hydrogen-bond acceptors (Lipinski definition) is 6. The highest BCUT2D eigenvalue weighted by atomic mass is 16.5. The molecule has 8 heteroatoms. The van der Waals surface area contributed by atoms with Crippen molar-refractivity contribution in [1.29, 1.82) is 5.26 Å². The van der Waals surface area contributed by atoms with E-state index in [0.29, 0.717) is 38.8 Å². The van der Waals surface area contributed by atoms with Gasteiger partial charge in [-0.25, -0.2) is 0 Å². The molecule has 2 fully saturated rings. The number of hydrogen-bond donors (Lipinski definition) is 1. The van der Waals surface area contributed by atoms with Crippen molar-refractivity contribution < 1.29 is 23.5 Å². The molecule has 0 spiro atoms. The summed E-state index contributed by atoms with van der Waals surface area (Å²) in [6.45, 7) is 0.486. The maximum atomic E-state index is 12.2. The molecule has 0 aromatic carbocycles. The molecule has 3 rings (SSSR count). The van der Waals surface area contributed by atoms with Gasteiger partial charge in [0.15, 0.2) is 12.4 Å². The molecule has 1 aliphatic heterocycles. The minimum absolute atomic E-state index is 0.190. The number of carbonyl (C=O) groups is 3. The summed E-state index contributed by atoms with van der Waals surface area (Å²) in [6.07, 6.45) is 5.48. The van der Waals surface area contributed by atoms with Gasteiger partial charge in [-0.2, -0.15) is 5.26 Å². The molecular formula is C19H23N3O5. The SMILES string of the molecule is N#CC1(NC(=O)COC(=O)C2CCN(C(=O)c3ccco3)CC2)CCCC1. The molecule has 2 heterocycles. The summed E-state index contributed by atoms with van der Waals surface area (Å²) in [7, 11) is 0. The second kappa shape index (κ2) is 8.25. The Bertz CT molecular complexity index is 723. The average Bonchev–Trinajstić information content (AvgIpc) is 3.38. The smallest absolute Gasteiger partial charge is 0.309 e. The Morgan fingerprint density at radius 3 is 2.59 bits per heavy atom. The molecule has 144 valence electrons. The van der Waals surface area contributed by atoms with E-state index in [1.807, 2.05) is 0 Å². The Balaban J connectivity index is 1.41. The van der Waals surface area contributed by atoms with Gasteiger partial charge in [0.25, 0.3) is 11.8 Å². The summed E-state index contributed by atoms with van der Waals surface area (Å²) in [4.78, 5) is 38.1. The Morgan fingerprint density at radius 2 is 2.00 bits per heavy atom. The van der Waals surface area contributed by atoms with Gasteiger partial charge in [0, 0.05) is 13.1 Å². The number of nitriles is 1. The van der Waals surface area contributed by atoms with Crippen LogP contribution in [0.5, 0.6) is 0 Å². The lowest BCUT2D eigenvalue weighted by Gasteiger charge is -2.30. The predicted octanol–water partition coefficient (Wildman–Crippen LogP) is 1.63. The first-order valence-corrected chi connectivity index (χ1v) is 9.25. The van der Waals surface area contributed by atoms with E-state index < -0.39 is 17.4 Å². The van der Waals surface area contributed by atoms with E-state index in [1.165, 1.54) is 6.26 Å². The third-order valence-electron chi connectivity index (χ3n) is 5.24. The van der Waals surface area contributed by atoms with E-state index in [2.05, 4.69) is 11.4 Å². The monoisotopic (exact) mass is 373 g/mol. The molecule has 0 unspecified atom stereocenters. The Labute approximate surface area is 157 Å². The third kappa shape index (κ3) is 4.48. The van der Waals surface area contributed by atoms with Gasteiger partial charge < -0.3 is 19.4 Å². The summed E-state index contributed by atoms with van der Waals surface area (Å²) >= 11 is 0. The first kappa shape index (κ1) is 19.0. The standard InChI is InChI=1S/C19H23N3O5/c20-13-19(7-1-2-8-19)21-16(23)12-27-18(25)14-5-9-22(10-6-14)17(24)15-4-3-11-26-15/h3-4,11,14H,1-2,5-10,12H2,(H,21,23). The highest BCUT2D eigenvalue weighted by Gasteiger charge is 2.36. The van der Waals surface area contributed by atoms with E-state index in [-0.39, 0.29) is 24.2 Å². The van der Waals surface area contributed by atoms with Gasteiger partial charge in [-0.3, -0.25) is 14.4 Å². The van der Waals surface area contributed by atoms with E-state index in [4.69, 9.17) is 9.15 Å². The zero-order chi connectivity index (χ0) is 19.3. The molecule has 1 aromatic rings. The lowest BCUT2D eigenvalue weighted by Crippen LogP contribution is -2.47. The minimum Gasteiger partial charge on any atom is -0.459 e. The Hall–Kier alpha value is -2.82. The first-order valence-electron chi connectivity index (χ1n) is 9.25. The summed E-state index contributed by atoms with van der Waals surface area (Å²) < 4.78 is 10.2. The number of rotatable bonds is 5. The molecule has 1 saturated carbocycles. The molecule has 2 aliphatic rings. The van der Waals surface area contributed by atoms with E-state index in [0.717, 1.165) is 12.8 Å². The third-order valence-corrected chi connectivity index (χ3v) is 5.24. The second-order valence-electron chi connectivity index (χ2n) is 7.10. The average molecular weight is 373 g/mol. The number of carbonyl (C=O) groups excluding carboxylic acids is 3. The molecule has 8 nitrogen and oxygen atoms in total. The zero-order valence-electron chi connectivity index (χ0n) is 15.1. The summed E-state index contributed by atoms with van der Waals surface area (Å²) in [6, 6.07) is 5.44. The summed E-state index contributed by atoms with van der Waals surface area (Å²) in [5.74, 6) is -1.13. The fraction of sp³-hybridized carbons (Fsp3) is 0.579. The van der Waals surface area contributed by atoms with Crippen LogP contribution in [-0.2, 0) is 14.3 Å². The van der Waals surface area contributed by atoms with Crippen LogP contribution in [0, 0.1) is 17.2 Å². The van der Waals surface area contributed by atoms with Gasteiger partial charge in [0.1, 0.15) is 5.54 Å². The number of piperidine rings is 1. The van der Waals surface area contributed by atoms with Crippen molar-refractivity contribution in [1.82, 2.24) is 10.2 Å². The quantitative estimate of drug-likeness (QED) is 0.785. The van der Waals surface area contributed by atoms with Crippen LogP contribution in [0.4, 0.5) is 0 Å². The van der Waals surface area contributed by atoms with Crippen LogP contribution in [0.1, 0.15) is 49.1 Å². The number of esters is 1. The van der Waals surface area contributed by atoms with Crippen LogP contribution in [-0.4, -0.2) is 47.9 Å². The molecule has 27 heavy (non-hydrogen) atoms. The lowest BCUT2D eigenvalue weighted by atomic mass is 9.97. The number of amides is 2. The second-order valence-corrected chi connectivity index (χ2v) is 7.10. The van der Waals surface area contributed by atoms with Gasteiger partial charge in [0.2, 0.25) is 0 Å². The molecule has 0 bridgehead atoms. The van der Waals surface area contributed by atoms with Crippen molar-refractivity contribution >= 4 is 17.8 Å². The van der Waals surface area contributed by atoms with Gasteiger partial charge in [-0.15, -0.1) is 0 Å². The van der Waals surface area contributed by atoms with Crippen LogP contribution >= 0.6 is 0 Å². The van der Waals surface area contributed by atoms with E-state index >= 15 is 0 Å². The van der Waals surface area contributed by atoms with Crippen molar-refractivity contribution in [2.24, 2.45) is 5.92 Å². The molecule has 1 saturated heterocycles. The van der Waals surface area contributed by atoms with Crippen molar-refractivity contribution in [3.8, 4) is 6.07 Å². The molecule has 0 atom stereocenters. The van der Waals surface area contributed by atoms with Crippen LogP contribution in [0.2, 0.25) is 0 Å². The molecule has 1 aromatic heterocycles. The minimum atomic E-state index is -0.818. The number of nitrogens with zero attached hydrogens (tertiary/aromatic N) is 2. The van der Waals surface area contributed by atoms with Crippen LogP contribution in [0.3, 0.4) is 0 Å². The number of furan rings is 1. The molecule has 1 aliphatic carbocycles. The number of likely N-dealkylation sites (tertiary alicyclic amines) is 1. The molecule has 0 radical (unpaired) electrons. The Morgan fingerprint density at radius 1 is 1.30 bits per heavy atom. The van der Waals surface area contributed by atoms with Gasteiger partial charge >= 0.3 is 5.97 Å². The predicted molar refractivity (Wildman–Crippen MR) is 93.2 cm³/mol. The summed E-state index contributed by atoms with van der Waals surface area (Å²) in [5.41, 5.74) is -0.818. The first-order chi connectivity index (χ1) is 13.0. The van der Waals surface area contributed by atoms with Gasteiger partial charge in [-0.05, 0) is 50.7 Å². The van der Waals surface area contributed by atoms with Crippen LogP contribution in [0.25, 0.3) is 0 Å². The largest absolute Gasteiger partial charge is 0.459 e. The zero-order valence-corrected chi connectivity index (χ0v) is 15.1. The van der Waals surface area contributed by atoms with Gasteiger partial charge in [0.05, 0.1) is 18.3 Å². The van der Waals surface area contributed by atoms with E-state index in [1.54, 1.807) is 17.0 Å². The van der Waals surface area contributed by atoms with Crippen molar-refractivity contribution in [2.75, 3.05) is 19.7 Å². The normalized spacial score (nSPS) is 19.3. The number of ether oxygens (including phenoxy) is 1. The maximum absolute atomic E-state index is 12.2. The van der Waals surface area contributed by atoms with Crippen molar-refractivity contribution in [3.63, 3.8) is 0 Å². The number of nitrogens with one attached hydrogen (secondary N) is 1. The molecular weight excluding hydrogens is 350 g/mol. The van der Waals surface area contributed by atoms with Crippen molar-refractivity contribution in [3.05, 3.63) is 24.2 Å². The fourth-order valence-corrected chi connectivity index (χ4v) is 3.68. The van der Waals surface area contributed by atoms with Crippen molar-refractivity contribution in [2.45, 2.75) is 44.1 Å². The Kier molecular flexibility index (Phi) is 5.79. The lowest BCUT2D eigenvalue weighted by molar-refractivity contribution is -0.154. The molecule has 2 amide bonds. The van der Waals surface area contributed by atoms with E-state index in [9.17, 15) is 19.6 Å².